The number of aryl methyl sites for hydroxylation is 3. The molecule has 0 bridgehead atoms. The molecule has 8 heteroatoms. The Labute approximate surface area is 209 Å². The van der Waals surface area contributed by atoms with Gasteiger partial charge in [-0.1, -0.05) is 18.2 Å². The normalized spacial score (nSPS) is 12.2. The van der Waals surface area contributed by atoms with Crippen LogP contribution in [0.3, 0.4) is 0 Å². The fourth-order valence-electron chi connectivity index (χ4n) is 4.31. The minimum absolute atomic E-state index is 0.146. The van der Waals surface area contributed by atoms with E-state index in [1.165, 1.54) is 17.5 Å². The molecule has 1 aliphatic carbocycles. The number of hydrogen-bond acceptors (Lipinski definition) is 5. The highest BCUT2D eigenvalue weighted by Crippen LogP contribution is 2.26. The molecule has 0 saturated carbocycles. The predicted molar refractivity (Wildman–Crippen MR) is 135 cm³/mol. The smallest absolute Gasteiger partial charge is 0.274 e. The maximum absolute atomic E-state index is 13.0. The Morgan fingerprint density at radius 2 is 1.94 bits per heavy atom. The summed E-state index contributed by atoms with van der Waals surface area (Å²) in [5, 5.41) is 9.93. The Hall–Kier alpha value is -4.33. The van der Waals surface area contributed by atoms with Crippen molar-refractivity contribution in [1.29, 1.82) is 0 Å². The van der Waals surface area contributed by atoms with Crippen LogP contribution in [-0.2, 0) is 32.5 Å². The van der Waals surface area contributed by atoms with E-state index in [1.807, 2.05) is 25.1 Å². The van der Waals surface area contributed by atoms with Gasteiger partial charge >= 0.3 is 0 Å². The molecular formula is C28H28N4O4. The Morgan fingerprint density at radius 1 is 1.06 bits per heavy atom. The molecular weight excluding hydrogens is 456 g/mol. The zero-order valence-corrected chi connectivity index (χ0v) is 20.1. The fraction of sp³-hybridized carbons (Fsp3) is 0.250. The molecule has 36 heavy (non-hydrogen) atoms. The third-order valence-electron chi connectivity index (χ3n) is 6.22. The molecule has 0 saturated heterocycles. The second kappa shape index (κ2) is 10.5. The van der Waals surface area contributed by atoms with Gasteiger partial charge in [-0.15, -0.1) is 0 Å². The van der Waals surface area contributed by atoms with Crippen molar-refractivity contribution < 1.29 is 18.7 Å². The highest BCUT2D eigenvalue weighted by atomic mass is 16.5. The highest BCUT2D eigenvalue weighted by Gasteiger charge is 2.19. The van der Waals surface area contributed by atoms with Crippen molar-refractivity contribution in [2.24, 2.45) is 0 Å². The van der Waals surface area contributed by atoms with Crippen molar-refractivity contribution >= 4 is 17.5 Å². The summed E-state index contributed by atoms with van der Waals surface area (Å²) in [6.07, 6.45) is 6.63. The molecule has 184 valence electrons. The molecule has 2 aromatic carbocycles. The van der Waals surface area contributed by atoms with Crippen LogP contribution in [0.2, 0.25) is 0 Å². The van der Waals surface area contributed by atoms with Crippen molar-refractivity contribution in [1.82, 2.24) is 15.1 Å². The van der Waals surface area contributed by atoms with E-state index in [4.69, 9.17) is 9.15 Å². The van der Waals surface area contributed by atoms with Crippen LogP contribution in [0.5, 0.6) is 5.75 Å². The number of carbonyl (C=O) groups is 2. The standard InChI is InChI=1S/C28H28N4O4/c1-2-32-17-25(26(31-32)28(34)29-16-24-10-5-13-35-24)30-27(33)22-9-3-6-19(14-22)18-36-23-12-11-20-7-4-8-21(20)15-23/h3,5-6,9-15,17H,2,4,7-8,16,18H2,1H3,(H,29,34)(H,30,33). The monoisotopic (exact) mass is 484 g/mol. The Kier molecular flexibility index (Phi) is 6.84. The summed E-state index contributed by atoms with van der Waals surface area (Å²) in [5.74, 6) is 0.737. The number of nitrogens with one attached hydrogen (secondary N) is 2. The molecule has 2 aromatic heterocycles. The Morgan fingerprint density at radius 3 is 2.78 bits per heavy atom. The van der Waals surface area contributed by atoms with Crippen LogP contribution < -0.4 is 15.4 Å². The number of furan rings is 1. The summed E-state index contributed by atoms with van der Waals surface area (Å²) in [6.45, 7) is 3.05. The van der Waals surface area contributed by atoms with Gasteiger partial charge in [0.05, 0.1) is 18.5 Å². The number of rotatable bonds is 9. The summed E-state index contributed by atoms with van der Waals surface area (Å²) >= 11 is 0. The highest BCUT2D eigenvalue weighted by molar-refractivity contribution is 6.08. The van der Waals surface area contributed by atoms with Crippen LogP contribution in [0.25, 0.3) is 0 Å². The minimum atomic E-state index is -0.398. The molecule has 0 spiro atoms. The number of aromatic nitrogens is 2. The molecule has 0 atom stereocenters. The average Bonchev–Trinajstić information content (AvgIpc) is 3.67. The van der Waals surface area contributed by atoms with Crippen molar-refractivity contribution in [2.45, 2.75) is 45.9 Å². The average molecular weight is 485 g/mol. The van der Waals surface area contributed by atoms with Gasteiger partial charge in [-0.2, -0.15) is 5.10 Å². The molecule has 2 amide bonds. The molecule has 0 fully saturated rings. The SMILES string of the molecule is CCn1cc(NC(=O)c2cccc(COc3ccc4c(c3)CCC4)c2)c(C(=O)NCc2ccco2)n1. The topological polar surface area (TPSA) is 98.4 Å². The molecule has 5 rings (SSSR count). The molecule has 8 nitrogen and oxygen atoms in total. The first-order chi connectivity index (χ1) is 17.6. The maximum Gasteiger partial charge on any atom is 0.274 e. The largest absolute Gasteiger partial charge is 0.489 e. The van der Waals surface area contributed by atoms with Gasteiger partial charge in [0.2, 0.25) is 0 Å². The summed E-state index contributed by atoms with van der Waals surface area (Å²) in [4.78, 5) is 25.8. The van der Waals surface area contributed by atoms with E-state index in [0.717, 1.165) is 24.2 Å². The molecule has 1 aliphatic rings. The zero-order chi connectivity index (χ0) is 24.9. The summed E-state index contributed by atoms with van der Waals surface area (Å²) < 4.78 is 12.9. The van der Waals surface area contributed by atoms with Crippen LogP contribution >= 0.6 is 0 Å². The van der Waals surface area contributed by atoms with Crippen LogP contribution in [0.1, 0.15) is 56.6 Å². The van der Waals surface area contributed by atoms with E-state index < -0.39 is 5.91 Å². The fourth-order valence-corrected chi connectivity index (χ4v) is 4.31. The first kappa shape index (κ1) is 23.4. The molecule has 2 heterocycles. The van der Waals surface area contributed by atoms with Gasteiger partial charge in [-0.25, -0.2) is 0 Å². The first-order valence-corrected chi connectivity index (χ1v) is 12.1. The quantitative estimate of drug-likeness (QED) is 0.357. The zero-order valence-electron chi connectivity index (χ0n) is 20.1. The van der Waals surface area contributed by atoms with E-state index >= 15 is 0 Å². The molecule has 0 radical (unpaired) electrons. The van der Waals surface area contributed by atoms with Crippen molar-refractivity contribution in [3.63, 3.8) is 0 Å². The molecule has 0 unspecified atom stereocenters. The molecule has 0 aliphatic heterocycles. The predicted octanol–water partition coefficient (Wildman–Crippen LogP) is 4.75. The number of nitrogens with zero attached hydrogens (tertiary/aromatic N) is 2. The lowest BCUT2D eigenvalue weighted by Gasteiger charge is -2.10. The number of hydrogen-bond donors (Lipinski definition) is 2. The van der Waals surface area contributed by atoms with Gasteiger partial charge in [0.15, 0.2) is 5.69 Å². The number of anilines is 1. The van der Waals surface area contributed by atoms with Crippen molar-refractivity contribution in [3.8, 4) is 5.75 Å². The van der Waals surface area contributed by atoms with Crippen LogP contribution in [-0.4, -0.2) is 21.6 Å². The van der Waals surface area contributed by atoms with Gasteiger partial charge in [0.1, 0.15) is 18.1 Å². The minimum Gasteiger partial charge on any atom is -0.489 e. The maximum atomic E-state index is 13.0. The number of ether oxygens (including phenoxy) is 1. The summed E-state index contributed by atoms with van der Waals surface area (Å²) in [6, 6.07) is 17.1. The lowest BCUT2D eigenvalue weighted by atomic mass is 10.1. The van der Waals surface area contributed by atoms with Gasteiger partial charge in [0.25, 0.3) is 11.8 Å². The summed E-state index contributed by atoms with van der Waals surface area (Å²) in [5.41, 5.74) is 4.60. The Balaban J connectivity index is 1.25. The number of benzene rings is 2. The lowest BCUT2D eigenvalue weighted by Crippen LogP contribution is -2.25. The second-order valence-corrected chi connectivity index (χ2v) is 8.74. The van der Waals surface area contributed by atoms with E-state index in [-0.39, 0.29) is 18.1 Å². The van der Waals surface area contributed by atoms with Crippen LogP contribution in [0.4, 0.5) is 5.69 Å². The van der Waals surface area contributed by atoms with E-state index in [2.05, 4.69) is 27.9 Å². The van der Waals surface area contributed by atoms with Crippen molar-refractivity contribution in [3.05, 3.63) is 101 Å². The third-order valence-corrected chi connectivity index (χ3v) is 6.22. The number of amides is 2. The van der Waals surface area contributed by atoms with Crippen molar-refractivity contribution in [2.75, 3.05) is 5.32 Å². The van der Waals surface area contributed by atoms with Gasteiger partial charge in [0, 0.05) is 18.3 Å². The molecule has 4 aromatic rings. The van der Waals surface area contributed by atoms with Crippen LogP contribution in [0.15, 0.2) is 71.5 Å². The van der Waals surface area contributed by atoms with Crippen LogP contribution in [0, 0.1) is 0 Å². The van der Waals surface area contributed by atoms with Gasteiger partial charge in [-0.05, 0) is 79.3 Å². The Bertz CT molecular complexity index is 1370. The summed E-state index contributed by atoms with van der Waals surface area (Å²) in [7, 11) is 0. The second-order valence-electron chi connectivity index (χ2n) is 8.74. The lowest BCUT2D eigenvalue weighted by molar-refractivity contribution is 0.0943. The third kappa shape index (κ3) is 5.33. The van der Waals surface area contributed by atoms with Gasteiger partial charge < -0.3 is 19.8 Å². The first-order valence-electron chi connectivity index (χ1n) is 12.1. The molecule has 2 N–H and O–H groups in total. The number of carbonyl (C=O) groups excluding carboxylic acids is 2. The van der Waals surface area contributed by atoms with E-state index in [0.29, 0.717) is 30.2 Å². The van der Waals surface area contributed by atoms with E-state index in [1.54, 1.807) is 41.4 Å². The van der Waals surface area contributed by atoms with E-state index in [9.17, 15) is 9.59 Å². The van der Waals surface area contributed by atoms with Gasteiger partial charge in [-0.3, -0.25) is 14.3 Å². The number of fused-ring (bicyclic) bond motifs is 1.